The van der Waals surface area contributed by atoms with Crippen LogP contribution in [-0.4, -0.2) is 37.0 Å². The summed E-state index contributed by atoms with van der Waals surface area (Å²) in [5, 5.41) is 7.20. The maximum absolute atomic E-state index is 5.78. The van der Waals surface area contributed by atoms with Gasteiger partial charge in [0.05, 0.1) is 13.2 Å². The fourth-order valence-corrected chi connectivity index (χ4v) is 2.02. The summed E-state index contributed by atoms with van der Waals surface area (Å²) in [4.78, 5) is 4.40. The highest BCUT2D eigenvalue weighted by Crippen LogP contribution is 2.32. The Hall–Kier alpha value is -0.980. The van der Waals surface area contributed by atoms with Crippen LogP contribution in [0.2, 0.25) is 0 Å². The maximum atomic E-state index is 5.78. The Kier molecular flexibility index (Phi) is 4.68. The standard InChI is InChI=1S/C12H21N3O3/c1-12(5-3-4-7-17-12)11-14-10(18-15-11)9-13-6-8-16-2/h13H,3-9H2,1-2H3. The zero-order valence-corrected chi connectivity index (χ0v) is 11.1. The van der Waals surface area contributed by atoms with Gasteiger partial charge < -0.3 is 19.3 Å². The molecule has 6 nitrogen and oxygen atoms in total. The highest BCUT2D eigenvalue weighted by molar-refractivity contribution is 5.00. The Bertz CT molecular complexity index is 361. The minimum Gasteiger partial charge on any atom is -0.383 e. The van der Waals surface area contributed by atoms with E-state index in [0.717, 1.165) is 32.4 Å². The summed E-state index contributed by atoms with van der Waals surface area (Å²) in [7, 11) is 1.67. The maximum Gasteiger partial charge on any atom is 0.240 e. The van der Waals surface area contributed by atoms with Gasteiger partial charge in [0.25, 0.3) is 0 Å². The van der Waals surface area contributed by atoms with Crippen LogP contribution in [0.1, 0.15) is 37.9 Å². The Morgan fingerprint density at radius 2 is 2.33 bits per heavy atom. The number of ether oxygens (including phenoxy) is 2. The third-order valence-corrected chi connectivity index (χ3v) is 3.17. The third-order valence-electron chi connectivity index (χ3n) is 3.17. The van der Waals surface area contributed by atoms with Crippen molar-refractivity contribution < 1.29 is 14.0 Å². The Morgan fingerprint density at radius 3 is 3.06 bits per heavy atom. The molecule has 0 aromatic carbocycles. The lowest BCUT2D eigenvalue weighted by atomic mass is 9.95. The lowest BCUT2D eigenvalue weighted by Crippen LogP contribution is -2.31. The first kappa shape index (κ1) is 13.5. The number of nitrogens with one attached hydrogen (secondary N) is 1. The molecule has 0 saturated carbocycles. The number of nitrogens with zero attached hydrogens (tertiary/aromatic N) is 2. The van der Waals surface area contributed by atoms with Crippen LogP contribution in [0.4, 0.5) is 0 Å². The van der Waals surface area contributed by atoms with Gasteiger partial charge in [0, 0.05) is 20.3 Å². The molecule has 2 rings (SSSR count). The Labute approximate surface area is 107 Å². The first-order valence-corrected chi connectivity index (χ1v) is 6.41. The van der Waals surface area contributed by atoms with Crippen LogP contribution in [0.3, 0.4) is 0 Å². The number of hydrogen-bond donors (Lipinski definition) is 1. The van der Waals surface area contributed by atoms with Crippen molar-refractivity contribution in [3.05, 3.63) is 11.7 Å². The van der Waals surface area contributed by atoms with Crippen molar-refractivity contribution in [2.45, 2.75) is 38.3 Å². The van der Waals surface area contributed by atoms with Gasteiger partial charge in [0.2, 0.25) is 11.7 Å². The zero-order valence-electron chi connectivity index (χ0n) is 11.1. The number of aromatic nitrogens is 2. The molecule has 0 bridgehead atoms. The van der Waals surface area contributed by atoms with Gasteiger partial charge in [-0.3, -0.25) is 0 Å². The fourth-order valence-electron chi connectivity index (χ4n) is 2.02. The second-order valence-electron chi connectivity index (χ2n) is 4.72. The van der Waals surface area contributed by atoms with Crippen LogP contribution in [0.15, 0.2) is 4.52 Å². The van der Waals surface area contributed by atoms with E-state index in [9.17, 15) is 0 Å². The molecule has 18 heavy (non-hydrogen) atoms. The third kappa shape index (κ3) is 3.28. The van der Waals surface area contributed by atoms with Gasteiger partial charge in [-0.25, -0.2) is 0 Å². The molecule has 1 fully saturated rings. The van der Waals surface area contributed by atoms with Crippen molar-refractivity contribution in [1.29, 1.82) is 0 Å². The minimum atomic E-state index is -0.382. The van der Waals surface area contributed by atoms with E-state index in [1.54, 1.807) is 7.11 Å². The molecule has 102 valence electrons. The van der Waals surface area contributed by atoms with Gasteiger partial charge in [-0.1, -0.05) is 5.16 Å². The molecule has 1 saturated heterocycles. The van der Waals surface area contributed by atoms with Crippen LogP contribution in [0, 0.1) is 0 Å². The predicted molar refractivity (Wildman–Crippen MR) is 65.0 cm³/mol. The van der Waals surface area contributed by atoms with Gasteiger partial charge in [-0.2, -0.15) is 4.98 Å². The molecule has 0 radical (unpaired) electrons. The van der Waals surface area contributed by atoms with E-state index in [0.29, 0.717) is 24.9 Å². The van der Waals surface area contributed by atoms with Gasteiger partial charge in [0.1, 0.15) is 5.60 Å². The average Bonchev–Trinajstić information content (AvgIpc) is 2.85. The van der Waals surface area contributed by atoms with E-state index in [1.165, 1.54) is 0 Å². The second kappa shape index (κ2) is 6.26. The van der Waals surface area contributed by atoms with E-state index >= 15 is 0 Å². The average molecular weight is 255 g/mol. The van der Waals surface area contributed by atoms with Gasteiger partial charge >= 0.3 is 0 Å². The van der Waals surface area contributed by atoms with Gasteiger partial charge in [-0.05, 0) is 26.2 Å². The van der Waals surface area contributed by atoms with Crippen molar-refractivity contribution >= 4 is 0 Å². The molecule has 0 aliphatic carbocycles. The van der Waals surface area contributed by atoms with Gasteiger partial charge in [0.15, 0.2) is 0 Å². The molecule has 1 N–H and O–H groups in total. The molecule has 1 aliphatic heterocycles. The minimum absolute atomic E-state index is 0.382. The summed E-state index contributed by atoms with van der Waals surface area (Å²) in [6.45, 7) is 4.79. The van der Waals surface area contributed by atoms with Crippen molar-refractivity contribution in [2.24, 2.45) is 0 Å². The SMILES string of the molecule is COCCNCc1nc(C2(C)CCCCO2)no1. The highest BCUT2D eigenvalue weighted by Gasteiger charge is 2.34. The van der Waals surface area contributed by atoms with Crippen LogP contribution in [-0.2, 0) is 21.6 Å². The van der Waals surface area contributed by atoms with E-state index < -0.39 is 0 Å². The van der Waals surface area contributed by atoms with Crippen LogP contribution >= 0.6 is 0 Å². The summed E-state index contributed by atoms with van der Waals surface area (Å²) < 4.78 is 15.9. The van der Waals surface area contributed by atoms with Crippen LogP contribution < -0.4 is 5.32 Å². The molecule has 1 aromatic rings. The Balaban J connectivity index is 1.88. The van der Waals surface area contributed by atoms with Crippen molar-refractivity contribution in [2.75, 3.05) is 26.9 Å². The van der Waals surface area contributed by atoms with E-state index in [2.05, 4.69) is 15.5 Å². The monoisotopic (exact) mass is 255 g/mol. The smallest absolute Gasteiger partial charge is 0.240 e. The topological polar surface area (TPSA) is 69.4 Å². The van der Waals surface area contributed by atoms with Crippen molar-refractivity contribution in [3.63, 3.8) is 0 Å². The molecule has 1 atom stereocenters. The van der Waals surface area contributed by atoms with E-state index in [4.69, 9.17) is 14.0 Å². The summed E-state index contributed by atoms with van der Waals surface area (Å²) in [6, 6.07) is 0. The van der Waals surface area contributed by atoms with Crippen LogP contribution in [0.25, 0.3) is 0 Å². The second-order valence-corrected chi connectivity index (χ2v) is 4.72. The predicted octanol–water partition coefficient (Wildman–Crippen LogP) is 1.22. The summed E-state index contributed by atoms with van der Waals surface area (Å²) in [6.07, 6.45) is 3.20. The normalized spacial score (nSPS) is 24.3. The fraction of sp³-hybridized carbons (Fsp3) is 0.833. The zero-order chi connectivity index (χ0) is 12.8. The molecular weight excluding hydrogens is 234 g/mol. The summed E-state index contributed by atoms with van der Waals surface area (Å²) in [5.41, 5.74) is -0.382. The number of methoxy groups -OCH3 is 1. The largest absolute Gasteiger partial charge is 0.383 e. The van der Waals surface area contributed by atoms with Gasteiger partial charge in [-0.15, -0.1) is 0 Å². The number of rotatable bonds is 6. The molecule has 1 aliphatic rings. The molecule has 0 amide bonds. The summed E-state index contributed by atoms with van der Waals surface area (Å²) >= 11 is 0. The number of hydrogen-bond acceptors (Lipinski definition) is 6. The van der Waals surface area contributed by atoms with Crippen molar-refractivity contribution in [1.82, 2.24) is 15.5 Å². The van der Waals surface area contributed by atoms with Crippen LogP contribution in [0.5, 0.6) is 0 Å². The quantitative estimate of drug-likeness (QED) is 0.771. The Morgan fingerprint density at radius 1 is 1.44 bits per heavy atom. The first-order valence-electron chi connectivity index (χ1n) is 6.41. The molecule has 0 spiro atoms. The molecule has 1 aromatic heterocycles. The lowest BCUT2D eigenvalue weighted by Gasteiger charge is -2.30. The molecule has 6 heteroatoms. The van der Waals surface area contributed by atoms with E-state index in [1.807, 2.05) is 6.92 Å². The molecular formula is C12H21N3O3. The first-order chi connectivity index (χ1) is 8.74. The molecule has 1 unspecified atom stereocenters. The summed E-state index contributed by atoms with van der Waals surface area (Å²) in [5.74, 6) is 1.25. The molecule has 2 heterocycles. The lowest BCUT2D eigenvalue weighted by molar-refractivity contribution is -0.0770. The van der Waals surface area contributed by atoms with Crippen molar-refractivity contribution in [3.8, 4) is 0 Å². The highest BCUT2D eigenvalue weighted by atomic mass is 16.5. The van der Waals surface area contributed by atoms with E-state index in [-0.39, 0.29) is 5.60 Å².